The van der Waals surface area contributed by atoms with Crippen LogP contribution >= 0.6 is 15.9 Å². The highest BCUT2D eigenvalue weighted by Crippen LogP contribution is 2.21. The van der Waals surface area contributed by atoms with Crippen LogP contribution in [0.3, 0.4) is 0 Å². The van der Waals surface area contributed by atoms with Crippen LogP contribution in [-0.4, -0.2) is 9.78 Å². The molecule has 0 fully saturated rings. The third-order valence-corrected chi connectivity index (χ3v) is 3.28. The van der Waals surface area contributed by atoms with Crippen LogP contribution in [0.1, 0.15) is 16.7 Å². The number of halogens is 1. The molecule has 0 saturated carbocycles. The maximum Gasteiger partial charge on any atom is 0.148 e. The topological polar surface area (TPSA) is 29.9 Å². The van der Waals surface area contributed by atoms with Gasteiger partial charge in [-0.2, -0.15) is 5.10 Å². The molecule has 1 heterocycles. The molecule has 1 aromatic heterocycles. The zero-order valence-electron chi connectivity index (χ0n) is 10.3. The van der Waals surface area contributed by atoms with Crippen molar-refractivity contribution >= 4 is 21.7 Å². The second kappa shape index (κ2) is 4.92. The number of anilines is 1. The van der Waals surface area contributed by atoms with Crippen molar-refractivity contribution < 1.29 is 0 Å². The highest BCUT2D eigenvalue weighted by molar-refractivity contribution is 9.10. The Hall–Kier alpha value is -1.29. The van der Waals surface area contributed by atoms with Crippen LogP contribution in [0.4, 0.5) is 5.82 Å². The molecular weight excluding hydrogens is 278 g/mol. The molecular formula is C13H16BrN3. The molecule has 2 aromatic rings. The Morgan fingerprint density at radius 1 is 1.29 bits per heavy atom. The van der Waals surface area contributed by atoms with Gasteiger partial charge in [-0.05, 0) is 42.7 Å². The third kappa shape index (κ3) is 2.88. The van der Waals surface area contributed by atoms with Crippen molar-refractivity contribution in [2.45, 2.75) is 20.4 Å². The van der Waals surface area contributed by atoms with Crippen molar-refractivity contribution in [3.63, 3.8) is 0 Å². The van der Waals surface area contributed by atoms with Gasteiger partial charge in [0.25, 0.3) is 0 Å². The Balaban J connectivity index is 2.14. The first kappa shape index (κ1) is 12.2. The minimum absolute atomic E-state index is 0.808. The molecule has 0 radical (unpaired) electrons. The summed E-state index contributed by atoms with van der Waals surface area (Å²) in [4.78, 5) is 0. The second-order valence-corrected chi connectivity index (χ2v) is 5.16. The van der Waals surface area contributed by atoms with Crippen LogP contribution in [0, 0.1) is 13.8 Å². The second-order valence-electron chi connectivity index (χ2n) is 4.25. The van der Waals surface area contributed by atoms with Gasteiger partial charge in [-0.3, -0.25) is 4.68 Å². The SMILES string of the molecule is Cc1cc(Br)cc(C)c1CNc1ccn(C)n1. The Kier molecular flexibility index (Phi) is 3.52. The number of benzene rings is 1. The molecule has 17 heavy (non-hydrogen) atoms. The summed E-state index contributed by atoms with van der Waals surface area (Å²) in [7, 11) is 1.92. The third-order valence-electron chi connectivity index (χ3n) is 2.82. The lowest BCUT2D eigenvalue weighted by Gasteiger charge is -2.11. The van der Waals surface area contributed by atoms with E-state index in [1.54, 1.807) is 4.68 Å². The zero-order valence-corrected chi connectivity index (χ0v) is 11.9. The predicted octanol–water partition coefficient (Wildman–Crippen LogP) is 3.41. The summed E-state index contributed by atoms with van der Waals surface area (Å²) in [6.07, 6.45) is 1.93. The normalized spacial score (nSPS) is 10.6. The van der Waals surface area contributed by atoms with Crippen molar-refractivity contribution in [3.8, 4) is 0 Å². The fraction of sp³-hybridized carbons (Fsp3) is 0.308. The summed E-state index contributed by atoms with van der Waals surface area (Å²) >= 11 is 3.51. The lowest BCUT2D eigenvalue weighted by atomic mass is 10.0. The highest BCUT2D eigenvalue weighted by atomic mass is 79.9. The molecule has 3 nitrogen and oxygen atoms in total. The summed E-state index contributed by atoms with van der Waals surface area (Å²) < 4.78 is 2.93. The van der Waals surface area contributed by atoms with E-state index in [1.807, 2.05) is 19.3 Å². The number of aromatic nitrogens is 2. The van der Waals surface area contributed by atoms with Crippen LogP contribution in [0.15, 0.2) is 28.9 Å². The standard InChI is InChI=1S/C13H16BrN3/c1-9-6-11(14)7-10(2)12(9)8-15-13-4-5-17(3)16-13/h4-7H,8H2,1-3H3,(H,15,16). The van der Waals surface area contributed by atoms with Crippen molar-refractivity contribution in [2.24, 2.45) is 7.05 Å². The summed E-state index contributed by atoms with van der Waals surface area (Å²) in [5, 5.41) is 7.63. The Bertz CT molecular complexity index is 508. The molecule has 0 amide bonds. The molecule has 0 aliphatic rings. The molecule has 4 heteroatoms. The van der Waals surface area contributed by atoms with Crippen LogP contribution in [0.5, 0.6) is 0 Å². The molecule has 1 aromatic carbocycles. The smallest absolute Gasteiger partial charge is 0.148 e. The summed E-state index contributed by atoms with van der Waals surface area (Å²) in [5.41, 5.74) is 3.92. The van der Waals surface area contributed by atoms with Crippen LogP contribution in [0.25, 0.3) is 0 Å². The molecule has 0 aliphatic heterocycles. The van der Waals surface area contributed by atoms with Gasteiger partial charge in [0.2, 0.25) is 0 Å². The Labute approximate surface area is 110 Å². The van der Waals surface area contributed by atoms with Crippen LogP contribution < -0.4 is 5.32 Å². The van der Waals surface area contributed by atoms with E-state index in [0.29, 0.717) is 0 Å². The maximum absolute atomic E-state index is 4.30. The van der Waals surface area contributed by atoms with Crippen molar-refractivity contribution in [1.29, 1.82) is 0 Å². The molecule has 2 rings (SSSR count). The predicted molar refractivity (Wildman–Crippen MR) is 74.2 cm³/mol. The number of hydrogen-bond acceptors (Lipinski definition) is 2. The lowest BCUT2D eigenvalue weighted by Crippen LogP contribution is -2.04. The van der Waals surface area contributed by atoms with Gasteiger partial charge in [0.05, 0.1) is 0 Å². The Morgan fingerprint density at radius 3 is 2.47 bits per heavy atom. The van der Waals surface area contributed by atoms with Gasteiger partial charge >= 0.3 is 0 Å². The molecule has 0 unspecified atom stereocenters. The van der Waals surface area contributed by atoms with Crippen molar-refractivity contribution in [2.75, 3.05) is 5.32 Å². The molecule has 1 N–H and O–H groups in total. The summed E-state index contributed by atoms with van der Waals surface area (Å²) in [6, 6.07) is 6.26. The molecule has 0 bridgehead atoms. The first-order chi connectivity index (χ1) is 8.06. The quantitative estimate of drug-likeness (QED) is 0.940. The van der Waals surface area contributed by atoms with Crippen molar-refractivity contribution in [1.82, 2.24) is 9.78 Å². The van der Waals surface area contributed by atoms with Gasteiger partial charge < -0.3 is 5.32 Å². The number of nitrogens with zero attached hydrogens (tertiary/aromatic N) is 2. The average Bonchev–Trinajstić information content (AvgIpc) is 2.62. The summed E-state index contributed by atoms with van der Waals surface area (Å²) in [5.74, 6) is 0.911. The lowest BCUT2D eigenvalue weighted by molar-refractivity contribution is 0.768. The minimum atomic E-state index is 0.808. The van der Waals surface area contributed by atoms with E-state index in [4.69, 9.17) is 0 Å². The van der Waals surface area contributed by atoms with Gasteiger partial charge in [0.15, 0.2) is 0 Å². The van der Waals surface area contributed by atoms with E-state index in [1.165, 1.54) is 16.7 Å². The first-order valence-corrected chi connectivity index (χ1v) is 6.34. The molecule has 0 atom stereocenters. The monoisotopic (exact) mass is 293 g/mol. The summed E-state index contributed by atoms with van der Waals surface area (Å²) in [6.45, 7) is 5.07. The van der Waals surface area contributed by atoms with E-state index in [-0.39, 0.29) is 0 Å². The molecule has 0 spiro atoms. The van der Waals surface area contributed by atoms with Gasteiger partial charge in [0, 0.05) is 30.3 Å². The van der Waals surface area contributed by atoms with Crippen molar-refractivity contribution in [3.05, 3.63) is 45.6 Å². The van der Waals surface area contributed by atoms with E-state index in [0.717, 1.165) is 16.8 Å². The Morgan fingerprint density at radius 2 is 1.94 bits per heavy atom. The maximum atomic E-state index is 4.30. The average molecular weight is 294 g/mol. The zero-order chi connectivity index (χ0) is 12.4. The molecule has 0 aliphatic carbocycles. The number of nitrogens with one attached hydrogen (secondary N) is 1. The van der Waals surface area contributed by atoms with Crippen LogP contribution in [-0.2, 0) is 13.6 Å². The van der Waals surface area contributed by atoms with Gasteiger partial charge in [-0.15, -0.1) is 0 Å². The van der Waals surface area contributed by atoms with E-state index in [9.17, 15) is 0 Å². The van der Waals surface area contributed by atoms with E-state index in [2.05, 4.69) is 52.3 Å². The van der Waals surface area contributed by atoms with Crippen LogP contribution in [0.2, 0.25) is 0 Å². The fourth-order valence-electron chi connectivity index (χ4n) is 1.91. The molecule has 90 valence electrons. The number of rotatable bonds is 3. The highest BCUT2D eigenvalue weighted by Gasteiger charge is 2.05. The van der Waals surface area contributed by atoms with E-state index < -0.39 is 0 Å². The largest absolute Gasteiger partial charge is 0.365 e. The van der Waals surface area contributed by atoms with Gasteiger partial charge in [0.1, 0.15) is 5.82 Å². The van der Waals surface area contributed by atoms with Gasteiger partial charge in [-0.1, -0.05) is 15.9 Å². The number of aryl methyl sites for hydroxylation is 3. The number of hydrogen-bond donors (Lipinski definition) is 1. The first-order valence-electron chi connectivity index (χ1n) is 5.55. The minimum Gasteiger partial charge on any atom is -0.365 e. The fourth-order valence-corrected chi connectivity index (χ4v) is 2.59. The van der Waals surface area contributed by atoms with Gasteiger partial charge in [-0.25, -0.2) is 0 Å². The van der Waals surface area contributed by atoms with E-state index >= 15 is 0 Å². The molecule has 0 saturated heterocycles.